The van der Waals surface area contributed by atoms with Crippen LogP contribution in [0.2, 0.25) is 0 Å². The molecule has 2 atom stereocenters. The van der Waals surface area contributed by atoms with Crippen molar-refractivity contribution in [2.45, 2.75) is 31.3 Å². The number of nitrogens with one attached hydrogen (secondary N) is 1. The van der Waals surface area contributed by atoms with Gasteiger partial charge in [-0.1, -0.05) is 22.9 Å². The Morgan fingerprint density at radius 2 is 1.83 bits per heavy atom. The maximum atomic E-state index is 11.9. The summed E-state index contributed by atoms with van der Waals surface area (Å²) in [5.41, 5.74) is 0. The first-order valence-electron chi connectivity index (χ1n) is 5.74. The molecule has 0 aromatic heterocycles. The molecule has 0 aliphatic carbocycles. The van der Waals surface area contributed by atoms with Crippen LogP contribution in [0.5, 0.6) is 0 Å². The number of sulfonamides is 1. The van der Waals surface area contributed by atoms with Gasteiger partial charge in [0.05, 0.1) is 11.0 Å². The Hall–Kier alpha value is -0.430. The van der Waals surface area contributed by atoms with Crippen molar-refractivity contribution < 1.29 is 13.5 Å². The van der Waals surface area contributed by atoms with E-state index in [0.717, 1.165) is 4.47 Å². The van der Waals surface area contributed by atoms with Crippen molar-refractivity contribution in [1.29, 1.82) is 0 Å². The highest BCUT2D eigenvalue weighted by Crippen LogP contribution is 2.15. The lowest BCUT2D eigenvalue weighted by Gasteiger charge is -2.14. The minimum atomic E-state index is -3.46. The normalized spacial score (nSPS) is 15.3. The van der Waals surface area contributed by atoms with Crippen molar-refractivity contribution in [2.24, 2.45) is 5.92 Å². The fraction of sp³-hybridized carbons (Fsp3) is 0.500. The Morgan fingerprint density at radius 1 is 1.28 bits per heavy atom. The van der Waals surface area contributed by atoms with Gasteiger partial charge in [-0.2, -0.15) is 0 Å². The monoisotopic (exact) mass is 335 g/mol. The molecule has 1 aromatic carbocycles. The summed E-state index contributed by atoms with van der Waals surface area (Å²) in [6.45, 7) is 3.92. The highest BCUT2D eigenvalue weighted by Gasteiger charge is 2.15. The number of hydrogen-bond donors (Lipinski definition) is 2. The molecule has 0 spiro atoms. The fourth-order valence-electron chi connectivity index (χ4n) is 1.61. The SMILES string of the molecule is CC(O)CC(C)CNS(=O)(=O)c1ccc(Br)cc1. The summed E-state index contributed by atoms with van der Waals surface area (Å²) in [6.07, 6.45) is 0.153. The standard InChI is InChI=1S/C12H18BrNO3S/c1-9(7-10(2)15)8-14-18(16,17)12-5-3-11(13)4-6-12/h3-6,9-10,14-15H,7-8H2,1-2H3. The van der Waals surface area contributed by atoms with Gasteiger partial charge in [0.15, 0.2) is 0 Å². The third-order valence-electron chi connectivity index (χ3n) is 2.49. The van der Waals surface area contributed by atoms with Crippen LogP contribution in [0.1, 0.15) is 20.3 Å². The fourth-order valence-corrected chi connectivity index (χ4v) is 3.04. The highest BCUT2D eigenvalue weighted by molar-refractivity contribution is 9.10. The number of halogens is 1. The summed E-state index contributed by atoms with van der Waals surface area (Å²) in [7, 11) is -3.46. The molecule has 1 rings (SSSR count). The van der Waals surface area contributed by atoms with Gasteiger partial charge in [0.1, 0.15) is 0 Å². The van der Waals surface area contributed by atoms with E-state index in [9.17, 15) is 13.5 Å². The minimum absolute atomic E-state index is 0.0928. The van der Waals surface area contributed by atoms with Crippen molar-refractivity contribution in [3.05, 3.63) is 28.7 Å². The molecular formula is C12H18BrNO3S. The summed E-state index contributed by atoms with van der Waals surface area (Å²) in [4.78, 5) is 0.245. The molecule has 18 heavy (non-hydrogen) atoms. The molecule has 2 unspecified atom stereocenters. The van der Waals surface area contributed by atoms with Gasteiger partial charge in [-0.15, -0.1) is 0 Å². The van der Waals surface area contributed by atoms with Crippen molar-refractivity contribution in [3.8, 4) is 0 Å². The lowest BCUT2D eigenvalue weighted by molar-refractivity contribution is 0.165. The molecule has 102 valence electrons. The predicted octanol–water partition coefficient (Wildman–Crippen LogP) is 2.13. The van der Waals surface area contributed by atoms with Crippen LogP contribution in [0, 0.1) is 5.92 Å². The number of aliphatic hydroxyl groups is 1. The zero-order valence-electron chi connectivity index (χ0n) is 10.4. The van der Waals surface area contributed by atoms with Crippen LogP contribution in [0.15, 0.2) is 33.6 Å². The van der Waals surface area contributed by atoms with E-state index in [1.807, 2.05) is 6.92 Å². The van der Waals surface area contributed by atoms with Crippen LogP contribution in [0.3, 0.4) is 0 Å². The van der Waals surface area contributed by atoms with E-state index in [1.54, 1.807) is 31.2 Å². The lowest BCUT2D eigenvalue weighted by atomic mass is 10.1. The Morgan fingerprint density at radius 3 is 2.33 bits per heavy atom. The number of benzene rings is 1. The number of rotatable bonds is 6. The smallest absolute Gasteiger partial charge is 0.240 e. The van der Waals surface area contributed by atoms with Crippen LogP contribution < -0.4 is 4.72 Å². The Bertz CT molecular complexity index is 471. The average Bonchev–Trinajstić information content (AvgIpc) is 2.26. The molecular weight excluding hydrogens is 318 g/mol. The highest BCUT2D eigenvalue weighted by atomic mass is 79.9. The summed E-state index contributed by atoms with van der Waals surface area (Å²) < 4.78 is 27.3. The molecule has 0 saturated heterocycles. The lowest BCUT2D eigenvalue weighted by Crippen LogP contribution is -2.29. The van der Waals surface area contributed by atoms with Gasteiger partial charge in [-0.25, -0.2) is 13.1 Å². The first kappa shape index (κ1) is 15.6. The maximum absolute atomic E-state index is 11.9. The molecule has 2 N–H and O–H groups in total. The van der Waals surface area contributed by atoms with Gasteiger partial charge in [0, 0.05) is 11.0 Å². The molecule has 0 aliphatic rings. The first-order chi connectivity index (χ1) is 8.31. The van der Waals surface area contributed by atoms with Crippen LogP contribution in [0.4, 0.5) is 0 Å². The summed E-state index contributed by atoms with van der Waals surface area (Å²) in [6, 6.07) is 6.47. The predicted molar refractivity (Wildman–Crippen MR) is 74.8 cm³/mol. The van der Waals surface area contributed by atoms with Gasteiger partial charge >= 0.3 is 0 Å². The zero-order valence-corrected chi connectivity index (χ0v) is 12.8. The van der Waals surface area contributed by atoms with E-state index in [-0.39, 0.29) is 10.8 Å². The second-order valence-corrected chi connectivity index (χ2v) is 7.18. The Labute approximate surface area is 117 Å². The molecule has 0 saturated carbocycles. The van der Waals surface area contributed by atoms with Gasteiger partial charge in [0.25, 0.3) is 0 Å². The van der Waals surface area contributed by atoms with Crippen molar-refractivity contribution >= 4 is 26.0 Å². The number of hydrogen-bond acceptors (Lipinski definition) is 3. The van der Waals surface area contributed by atoms with Crippen LogP contribution in [-0.4, -0.2) is 26.2 Å². The first-order valence-corrected chi connectivity index (χ1v) is 8.02. The van der Waals surface area contributed by atoms with Crippen molar-refractivity contribution in [2.75, 3.05) is 6.54 Å². The maximum Gasteiger partial charge on any atom is 0.240 e. The summed E-state index contributed by atoms with van der Waals surface area (Å²) in [5, 5.41) is 9.22. The molecule has 1 aromatic rings. The Balaban J connectivity index is 2.63. The number of aliphatic hydroxyl groups excluding tert-OH is 1. The Kier molecular flexibility index (Phi) is 5.78. The largest absolute Gasteiger partial charge is 0.393 e. The van der Waals surface area contributed by atoms with Crippen LogP contribution >= 0.6 is 15.9 Å². The topological polar surface area (TPSA) is 66.4 Å². The van der Waals surface area contributed by atoms with E-state index < -0.39 is 16.1 Å². The quantitative estimate of drug-likeness (QED) is 0.836. The molecule has 0 amide bonds. The van der Waals surface area contributed by atoms with Crippen LogP contribution in [-0.2, 0) is 10.0 Å². The van der Waals surface area contributed by atoms with Gasteiger partial charge in [-0.05, 0) is 43.5 Å². The molecule has 0 fully saturated rings. The van der Waals surface area contributed by atoms with Crippen molar-refractivity contribution in [3.63, 3.8) is 0 Å². The van der Waals surface area contributed by atoms with E-state index in [0.29, 0.717) is 13.0 Å². The third kappa shape index (κ3) is 5.06. The second-order valence-electron chi connectivity index (χ2n) is 4.50. The second kappa shape index (κ2) is 6.65. The van der Waals surface area contributed by atoms with E-state index in [1.165, 1.54) is 0 Å². The molecule has 0 heterocycles. The minimum Gasteiger partial charge on any atom is -0.393 e. The summed E-state index contributed by atoms with van der Waals surface area (Å²) >= 11 is 3.26. The van der Waals surface area contributed by atoms with Crippen molar-refractivity contribution in [1.82, 2.24) is 4.72 Å². The average molecular weight is 336 g/mol. The van der Waals surface area contributed by atoms with E-state index in [2.05, 4.69) is 20.7 Å². The van der Waals surface area contributed by atoms with Crippen LogP contribution in [0.25, 0.3) is 0 Å². The zero-order chi connectivity index (χ0) is 13.8. The molecule has 6 heteroatoms. The van der Waals surface area contributed by atoms with E-state index in [4.69, 9.17) is 0 Å². The van der Waals surface area contributed by atoms with Gasteiger partial charge in [0.2, 0.25) is 10.0 Å². The molecule has 0 bridgehead atoms. The summed E-state index contributed by atoms with van der Waals surface area (Å²) in [5.74, 6) is 0.0928. The molecule has 0 radical (unpaired) electrons. The molecule has 4 nitrogen and oxygen atoms in total. The molecule has 0 aliphatic heterocycles. The van der Waals surface area contributed by atoms with Gasteiger partial charge in [-0.3, -0.25) is 0 Å². The third-order valence-corrected chi connectivity index (χ3v) is 4.46. The van der Waals surface area contributed by atoms with E-state index >= 15 is 0 Å². The van der Waals surface area contributed by atoms with Gasteiger partial charge < -0.3 is 5.11 Å².